The van der Waals surface area contributed by atoms with Crippen LogP contribution in [0, 0.1) is 5.82 Å². The summed E-state index contributed by atoms with van der Waals surface area (Å²) in [5, 5.41) is 2.53. The van der Waals surface area contributed by atoms with Crippen molar-refractivity contribution in [3.63, 3.8) is 0 Å². The first-order valence-electron chi connectivity index (χ1n) is 3.63. The number of hydrogen-bond acceptors (Lipinski definition) is 1. The molecule has 1 amide bonds. The minimum absolute atomic E-state index is 0.191. The Hall–Kier alpha value is -1.32. The van der Waals surface area contributed by atoms with E-state index >= 15 is 0 Å². The number of benzene rings is 1. The van der Waals surface area contributed by atoms with Crippen LogP contribution in [0.4, 0.5) is 10.1 Å². The summed E-state index contributed by atoms with van der Waals surface area (Å²) in [5.74, 6) is -0.534. The maximum atomic E-state index is 12.6. The number of halogens is 1. The van der Waals surface area contributed by atoms with Gasteiger partial charge in [0.25, 0.3) is 0 Å². The van der Waals surface area contributed by atoms with E-state index in [1.807, 2.05) is 7.85 Å². The smallest absolute Gasteiger partial charge is 0.221 e. The van der Waals surface area contributed by atoms with Gasteiger partial charge in [0, 0.05) is 12.6 Å². The van der Waals surface area contributed by atoms with Crippen molar-refractivity contribution < 1.29 is 9.18 Å². The Balaban J connectivity index is 2.97. The SMILES string of the molecule is Bc1ccc(F)cc1NC(C)=O. The predicted octanol–water partition coefficient (Wildman–Crippen LogP) is 0.0425. The predicted molar refractivity (Wildman–Crippen MR) is 48.9 cm³/mol. The van der Waals surface area contributed by atoms with Crippen molar-refractivity contribution in [3.05, 3.63) is 24.0 Å². The summed E-state index contributed by atoms with van der Waals surface area (Å²) < 4.78 is 12.6. The maximum absolute atomic E-state index is 12.6. The Labute approximate surface area is 71.2 Å². The van der Waals surface area contributed by atoms with Crippen LogP contribution in [0.15, 0.2) is 18.2 Å². The monoisotopic (exact) mass is 165 g/mol. The van der Waals surface area contributed by atoms with Crippen LogP contribution in [0.25, 0.3) is 0 Å². The van der Waals surface area contributed by atoms with Crippen LogP contribution in [-0.2, 0) is 4.79 Å². The number of rotatable bonds is 1. The molecule has 0 aliphatic carbocycles. The van der Waals surface area contributed by atoms with Gasteiger partial charge in [-0.1, -0.05) is 11.5 Å². The second-order valence-electron chi connectivity index (χ2n) is 2.64. The van der Waals surface area contributed by atoms with E-state index in [4.69, 9.17) is 0 Å². The van der Waals surface area contributed by atoms with Gasteiger partial charge < -0.3 is 5.32 Å². The normalized spacial score (nSPS) is 9.50. The highest BCUT2D eigenvalue weighted by Crippen LogP contribution is 2.05. The molecule has 0 bridgehead atoms. The van der Waals surface area contributed by atoms with Gasteiger partial charge in [0.05, 0.1) is 0 Å². The Morgan fingerprint density at radius 3 is 2.83 bits per heavy atom. The van der Waals surface area contributed by atoms with Crippen LogP contribution in [-0.4, -0.2) is 13.8 Å². The summed E-state index contributed by atoms with van der Waals surface area (Å²) >= 11 is 0. The minimum Gasteiger partial charge on any atom is -0.327 e. The van der Waals surface area contributed by atoms with Crippen molar-refractivity contribution in [2.75, 3.05) is 5.32 Å². The molecule has 0 aliphatic rings. The molecule has 4 heteroatoms. The lowest BCUT2D eigenvalue weighted by atomic mass is 9.94. The number of nitrogens with one attached hydrogen (secondary N) is 1. The highest BCUT2D eigenvalue weighted by Gasteiger charge is 2.00. The van der Waals surface area contributed by atoms with Gasteiger partial charge in [0.2, 0.25) is 5.91 Å². The molecule has 62 valence electrons. The van der Waals surface area contributed by atoms with E-state index in [0.717, 1.165) is 5.46 Å². The lowest BCUT2D eigenvalue weighted by Gasteiger charge is -2.05. The third-order valence-corrected chi connectivity index (χ3v) is 1.51. The molecule has 0 radical (unpaired) electrons. The third kappa shape index (κ3) is 2.08. The Morgan fingerprint density at radius 1 is 1.58 bits per heavy atom. The molecule has 0 saturated heterocycles. The van der Waals surface area contributed by atoms with Crippen molar-refractivity contribution in [3.8, 4) is 0 Å². The fourth-order valence-corrected chi connectivity index (χ4v) is 0.919. The summed E-state index contributed by atoms with van der Waals surface area (Å²) in [6, 6.07) is 4.29. The number of carbonyl (C=O) groups is 1. The summed E-state index contributed by atoms with van der Waals surface area (Å²) in [5.41, 5.74) is 1.38. The van der Waals surface area contributed by atoms with Crippen molar-refractivity contribution >= 4 is 24.9 Å². The van der Waals surface area contributed by atoms with E-state index in [9.17, 15) is 9.18 Å². The molecular formula is C8H9BFNO. The molecule has 12 heavy (non-hydrogen) atoms. The van der Waals surface area contributed by atoms with Gasteiger partial charge in [-0.15, -0.1) is 0 Å². The number of carbonyl (C=O) groups excluding carboxylic acids is 1. The quantitative estimate of drug-likeness (QED) is 0.585. The molecule has 0 aromatic heterocycles. The summed E-state index contributed by atoms with van der Waals surface area (Å²) in [4.78, 5) is 10.6. The van der Waals surface area contributed by atoms with Gasteiger partial charge in [0.15, 0.2) is 0 Å². The van der Waals surface area contributed by atoms with Crippen molar-refractivity contribution in [2.24, 2.45) is 0 Å². The topological polar surface area (TPSA) is 29.1 Å². The Morgan fingerprint density at radius 2 is 2.25 bits per heavy atom. The number of hydrogen-bond donors (Lipinski definition) is 1. The van der Waals surface area contributed by atoms with Crippen LogP contribution in [0.1, 0.15) is 6.92 Å². The van der Waals surface area contributed by atoms with Gasteiger partial charge in [-0.25, -0.2) is 4.39 Å². The molecule has 0 saturated carbocycles. The van der Waals surface area contributed by atoms with Crippen LogP contribution < -0.4 is 10.8 Å². The first kappa shape index (κ1) is 8.78. The molecule has 0 atom stereocenters. The zero-order valence-electron chi connectivity index (χ0n) is 7.02. The van der Waals surface area contributed by atoms with E-state index in [0.29, 0.717) is 5.69 Å². The van der Waals surface area contributed by atoms with Crippen LogP contribution >= 0.6 is 0 Å². The number of amides is 1. The molecule has 1 N–H and O–H groups in total. The lowest BCUT2D eigenvalue weighted by Crippen LogP contribution is -2.16. The minimum atomic E-state index is -0.343. The first-order chi connectivity index (χ1) is 5.59. The third-order valence-electron chi connectivity index (χ3n) is 1.51. The van der Waals surface area contributed by atoms with Gasteiger partial charge in [-0.2, -0.15) is 0 Å². The fraction of sp³-hybridized carbons (Fsp3) is 0.125. The molecule has 0 heterocycles. The van der Waals surface area contributed by atoms with Crippen LogP contribution in [0.5, 0.6) is 0 Å². The summed E-state index contributed by atoms with van der Waals surface area (Å²) in [6.07, 6.45) is 0. The van der Waals surface area contributed by atoms with E-state index in [1.54, 1.807) is 6.07 Å². The Kier molecular flexibility index (Phi) is 2.48. The van der Waals surface area contributed by atoms with Gasteiger partial charge >= 0.3 is 0 Å². The molecule has 1 aromatic carbocycles. The van der Waals surface area contributed by atoms with Crippen LogP contribution in [0.2, 0.25) is 0 Å². The van der Waals surface area contributed by atoms with E-state index < -0.39 is 0 Å². The summed E-state index contributed by atoms with van der Waals surface area (Å²) in [6.45, 7) is 1.39. The molecule has 0 aliphatic heterocycles. The number of anilines is 1. The molecule has 0 spiro atoms. The fourth-order valence-electron chi connectivity index (χ4n) is 0.919. The largest absolute Gasteiger partial charge is 0.327 e. The molecule has 1 aromatic rings. The van der Waals surface area contributed by atoms with Gasteiger partial charge in [0.1, 0.15) is 13.7 Å². The molecule has 2 nitrogen and oxygen atoms in total. The summed E-state index contributed by atoms with van der Waals surface area (Å²) in [7, 11) is 1.81. The highest BCUT2D eigenvalue weighted by molar-refractivity contribution is 6.36. The van der Waals surface area contributed by atoms with Crippen LogP contribution in [0.3, 0.4) is 0 Å². The first-order valence-corrected chi connectivity index (χ1v) is 3.63. The maximum Gasteiger partial charge on any atom is 0.221 e. The van der Waals surface area contributed by atoms with E-state index in [-0.39, 0.29) is 11.7 Å². The molecule has 1 rings (SSSR count). The highest BCUT2D eigenvalue weighted by atomic mass is 19.1. The Bertz CT molecular complexity index is 314. The molecule has 0 fully saturated rings. The molecular weight excluding hydrogens is 156 g/mol. The zero-order valence-corrected chi connectivity index (χ0v) is 7.02. The van der Waals surface area contributed by atoms with Gasteiger partial charge in [-0.3, -0.25) is 4.79 Å². The standard InChI is InChI=1S/C8H9BFNO/c1-5(12)11-8-4-6(10)2-3-7(8)9/h2-4H,9H2,1H3,(H,11,12). The average Bonchev–Trinajstić information content (AvgIpc) is 1.96. The van der Waals surface area contributed by atoms with Crippen molar-refractivity contribution in [2.45, 2.75) is 6.92 Å². The van der Waals surface area contributed by atoms with Crippen molar-refractivity contribution in [1.29, 1.82) is 0 Å². The van der Waals surface area contributed by atoms with Gasteiger partial charge in [-0.05, 0) is 12.1 Å². The second-order valence-corrected chi connectivity index (χ2v) is 2.64. The van der Waals surface area contributed by atoms with E-state index in [1.165, 1.54) is 19.1 Å². The van der Waals surface area contributed by atoms with Crippen molar-refractivity contribution in [1.82, 2.24) is 0 Å². The van der Waals surface area contributed by atoms with E-state index in [2.05, 4.69) is 5.32 Å². The lowest BCUT2D eigenvalue weighted by molar-refractivity contribution is -0.114. The zero-order chi connectivity index (χ0) is 9.14. The molecule has 0 unspecified atom stereocenters. The second kappa shape index (κ2) is 3.39. The average molecular weight is 165 g/mol.